The number of nitrogens with one attached hydrogen (secondary N) is 1. The fourth-order valence-corrected chi connectivity index (χ4v) is 4.23. The molecule has 0 aliphatic carbocycles. The van der Waals surface area contributed by atoms with Gasteiger partial charge in [-0.05, 0) is 20.0 Å². The highest BCUT2D eigenvalue weighted by atomic mass is 32.2. The van der Waals surface area contributed by atoms with Gasteiger partial charge in [0.2, 0.25) is 10.0 Å². The summed E-state index contributed by atoms with van der Waals surface area (Å²) in [6, 6.07) is 0. The van der Waals surface area contributed by atoms with Gasteiger partial charge in [-0.2, -0.15) is 0 Å². The summed E-state index contributed by atoms with van der Waals surface area (Å²) in [7, 11) is -1.66. The maximum absolute atomic E-state index is 11.7. The Morgan fingerprint density at radius 1 is 1.58 bits per heavy atom. The summed E-state index contributed by atoms with van der Waals surface area (Å²) in [6.45, 7) is 6.43. The summed E-state index contributed by atoms with van der Waals surface area (Å²) in [6.07, 6.45) is 0.699. The number of thiazole rings is 1. The van der Waals surface area contributed by atoms with Crippen molar-refractivity contribution in [2.24, 2.45) is 0 Å². The first kappa shape index (κ1) is 14.9. The van der Waals surface area contributed by atoms with Crippen LogP contribution >= 0.6 is 11.3 Å². The van der Waals surface area contributed by atoms with Gasteiger partial charge in [-0.3, -0.25) is 4.90 Å². The average molecular weight is 303 g/mol. The van der Waals surface area contributed by atoms with Gasteiger partial charge in [0.05, 0.1) is 16.0 Å². The average Bonchev–Trinajstić information content (AvgIpc) is 2.99. The molecule has 1 aliphatic rings. The Morgan fingerprint density at radius 2 is 2.32 bits per heavy atom. The number of likely N-dealkylation sites (tertiary alicyclic amines) is 1. The molecule has 0 saturated carbocycles. The summed E-state index contributed by atoms with van der Waals surface area (Å²) >= 11 is 1.68. The van der Waals surface area contributed by atoms with Crippen LogP contribution in [0.5, 0.6) is 0 Å². The number of aromatic nitrogens is 1. The van der Waals surface area contributed by atoms with Crippen LogP contribution in [0.4, 0.5) is 0 Å². The zero-order chi connectivity index (χ0) is 14.0. The van der Waals surface area contributed by atoms with Crippen molar-refractivity contribution in [3.05, 3.63) is 16.1 Å². The summed E-state index contributed by atoms with van der Waals surface area (Å²) in [5, 5.41) is 2.93. The lowest BCUT2D eigenvalue weighted by atomic mass is 10.2. The van der Waals surface area contributed by atoms with Gasteiger partial charge in [0.1, 0.15) is 0 Å². The molecule has 0 radical (unpaired) electrons. The minimum atomic E-state index is -3.14. The Balaban J connectivity index is 1.95. The second-order valence-corrected chi connectivity index (χ2v) is 8.28. The van der Waals surface area contributed by atoms with Crippen LogP contribution < -0.4 is 4.72 Å². The SMILES string of the molecule is CNS(=O)(=O)C1CCN(Cc2csc(C(C)C)n2)C1. The molecule has 0 spiro atoms. The molecular formula is C12H21N3O2S2. The molecule has 0 amide bonds. The first-order valence-corrected chi connectivity index (χ1v) is 8.94. The van der Waals surface area contributed by atoms with Crippen molar-refractivity contribution in [2.45, 2.75) is 38.0 Å². The lowest BCUT2D eigenvalue weighted by Gasteiger charge is -2.14. The Hall–Kier alpha value is -0.500. The van der Waals surface area contributed by atoms with Crippen LogP contribution in [-0.2, 0) is 16.6 Å². The fourth-order valence-electron chi connectivity index (χ4n) is 2.25. The molecule has 1 atom stereocenters. The molecule has 108 valence electrons. The molecule has 1 aromatic rings. The van der Waals surface area contributed by atoms with Gasteiger partial charge in [0.15, 0.2) is 0 Å². The van der Waals surface area contributed by atoms with E-state index in [-0.39, 0.29) is 5.25 Å². The molecule has 1 saturated heterocycles. The van der Waals surface area contributed by atoms with Crippen LogP contribution in [0, 0.1) is 0 Å². The maximum Gasteiger partial charge on any atom is 0.215 e. The van der Waals surface area contributed by atoms with Crippen molar-refractivity contribution in [2.75, 3.05) is 20.1 Å². The van der Waals surface area contributed by atoms with E-state index in [1.165, 1.54) is 7.05 Å². The molecule has 1 aliphatic heterocycles. The molecular weight excluding hydrogens is 282 g/mol. The minimum Gasteiger partial charge on any atom is -0.296 e. The number of nitrogens with zero attached hydrogens (tertiary/aromatic N) is 2. The first-order chi connectivity index (χ1) is 8.92. The largest absolute Gasteiger partial charge is 0.296 e. The molecule has 5 nitrogen and oxygen atoms in total. The molecule has 1 unspecified atom stereocenters. The molecule has 1 N–H and O–H groups in total. The summed E-state index contributed by atoms with van der Waals surface area (Å²) in [4.78, 5) is 6.76. The van der Waals surface area contributed by atoms with Crippen molar-refractivity contribution in [1.29, 1.82) is 0 Å². The lowest BCUT2D eigenvalue weighted by Crippen LogP contribution is -2.34. The third-order valence-electron chi connectivity index (χ3n) is 3.40. The smallest absolute Gasteiger partial charge is 0.215 e. The van der Waals surface area contributed by atoms with Crippen molar-refractivity contribution in [3.8, 4) is 0 Å². The van der Waals surface area contributed by atoms with E-state index in [0.29, 0.717) is 18.9 Å². The molecule has 1 aromatic heterocycles. The Morgan fingerprint density at radius 3 is 2.89 bits per heavy atom. The number of sulfonamides is 1. The highest BCUT2D eigenvalue weighted by Gasteiger charge is 2.32. The summed E-state index contributed by atoms with van der Waals surface area (Å²) in [5.41, 5.74) is 1.05. The van der Waals surface area contributed by atoms with Gasteiger partial charge in [-0.1, -0.05) is 13.8 Å². The van der Waals surface area contributed by atoms with Gasteiger partial charge >= 0.3 is 0 Å². The first-order valence-electron chi connectivity index (χ1n) is 6.51. The monoisotopic (exact) mass is 303 g/mol. The topological polar surface area (TPSA) is 62.3 Å². The number of hydrogen-bond acceptors (Lipinski definition) is 5. The van der Waals surface area contributed by atoms with E-state index >= 15 is 0 Å². The molecule has 2 rings (SSSR count). The fraction of sp³-hybridized carbons (Fsp3) is 0.750. The number of hydrogen-bond donors (Lipinski definition) is 1. The molecule has 0 bridgehead atoms. The van der Waals surface area contributed by atoms with E-state index in [4.69, 9.17) is 0 Å². The molecule has 7 heteroatoms. The highest BCUT2D eigenvalue weighted by Crippen LogP contribution is 2.22. The highest BCUT2D eigenvalue weighted by molar-refractivity contribution is 7.90. The van der Waals surface area contributed by atoms with Crippen LogP contribution in [0.1, 0.15) is 36.9 Å². The van der Waals surface area contributed by atoms with E-state index in [2.05, 4.69) is 33.8 Å². The van der Waals surface area contributed by atoms with E-state index in [0.717, 1.165) is 23.8 Å². The molecule has 2 heterocycles. The summed E-state index contributed by atoms with van der Waals surface area (Å²) < 4.78 is 25.9. The second kappa shape index (κ2) is 5.87. The number of rotatable bonds is 5. The third-order valence-corrected chi connectivity index (χ3v) is 6.43. The van der Waals surface area contributed by atoms with E-state index in [1.54, 1.807) is 11.3 Å². The molecule has 1 fully saturated rings. The van der Waals surface area contributed by atoms with Crippen LogP contribution in [0.2, 0.25) is 0 Å². The zero-order valence-electron chi connectivity index (χ0n) is 11.6. The third kappa shape index (κ3) is 3.53. The van der Waals surface area contributed by atoms with Crippen molar-refractivity contribution < 1.29 is 8.42 Å². The quantitative estimate of drug-likeness (QED) is 0.893. The Labute approximate surface area is 119 Å². The van der Waals surface area contributed by atoms with Gasteiger partial charge in [-0.15, -0.1) is 11.3 Å². The molecule has 0 aromatic carbocycles. The van der Waals surface area contributed by atoms with E-state index < -0.39 is 10.0 Å². The van der Waals surface area contributed by atoms with E-state index in [9.17, 15) is 8.42 Å². The van der Waals surface area contributed by atoms with Crippen LogP contribution in [0.25, 0.3) is 0 Å². The second-order valence-electron chi connectivity index (χ2n) is 5.23. The molecule has 19 heavy (non-hydrogen) atoms. The van der Waals surface area contributed by atoms with Gasteiger partial charge in [0.25, 0.3) is 0 Å². The van der Waals surface area contributed by atoms with Gasteiger partial charge in [0, 0.05) is 24.4 Å². The van der Waals surface area contributed by atoms with Crippen molar-refractivity contribution in [1.82, 2.24) is 14.6 Å². The standard InChI is InChI=1S/C12H21N3O2S2/c1-9(2)12-14-10(8-18-12)6-15-5-4-11(7-15)19(16,17)13-3/h8-9,11,13H,4-7H2,1-3H3. The van der Waals surface area contributed by atoms with E-state index in [1.807, 2.05) is 0 Å². The lowest BCUT2D eigenvalue weighted by molar-refractivity contribution is 0.327. The summed E-state index contributed by atoms with van der Waals surface area (Å²) in [5.74, 6) is 0.453. The predicted octanol–water partition coefficient (Wildman–Crippen LogP) is 1.39. The minimum absolute atomic E-state index is 0.291. The normalized spacial score (nSPS) is 21.4. The van der Waals surface area contributed by atoms with Gasteiger partial charge in [-0.25, -0.2) is 18.1 Å². The van der Waals surface area contributed by atoms with Crippen LogP contribution in [-0.4, -0.2) is 43.7 Å². The van der Waals surface area contributed by atoms with Crippen LogP contribution in [0.3, 0.4) is 0 Å². The predicted molar refractivity (Wildman–Crippen MR) is 77.9 cm³/mol. The van der Waals surface area contributed by atoms with Crippen LogP contribution in [0.15, 0.2) is 5.38 Å². The Kier molecular flexibility index (Phi) is 4.60. The van der Waals surface area contributed by atoms with Crippen molar-refractivity contribution in [3.63, 3.8) is 0 Å². The van der Waals surface area contributed by atoms with Crippen molar-refractivity contribution >= 4 is 21.4 Å². The zero-order valence-corrected chi connectivity index (χ0v) is 13.2. The Bertz CT molecular complexity index is 525. The maximum atomic E-state index is 11.7. The van der Waals surface area contributed by atoms with Gasteiger partial charge < -0.3 is 0 Å².